The van der Waals surface area contributed by atoms with Crippen LogP contribution < -0.4 is 15.6 Å². The van der Waals surface area contributed by atoms with E-state index in [2.05, 4.69) is 10.3 Å². The van der Waals surface area contributed by atoms with Gasteiger partial charge in [-0.25, -0.2) is 4.98 Å². The Morgan fingerprint density at radius 1 is 1.30 bits per heavy atom. The number of hydrogen-bond acceptors (Lipinski definition) is 6. The topological polar surface area (TPSA) is 73.2 Å². The van der Waals surface area contributed by atoms with E-state index in [1.165, 1.54) is 22.2 Å². The van der Waals surface area contributed by atoms with Gasteiger partial charge in [0.05, 0.1) is 24.9 Å². The summed E-state index contributed by atoms with van der Waals surface area (Å²) in [5.41, 5.74) is 2.64. The molecule has 1 unspecified atom stereocenters. The number of amides is 1. The predicted octanol–water partition coefficient (Wildman–Crippen LogP) is 4.38. The maximum Gasteiger partial charge on any atom is 0.263 e. The summed E-state index contributed by atoms with van der Waals surface area (Å²) < 4.78 is 6.78. The Kier molecular flexibility index (Phi) is 5.69. The lowest BCUT2D eigenvalue weighted by molar-refractivity contribution is -0.122. The molecule has 0 bridgehead atoms. The molecule has 154 valence electrons. The normalized spacial score (nSPS) is 12.1. The molecule has 1 amide bonds. The van der Waals surface area contributed by atoms with Gasteiger partial charge < -0.3 is 10.1 Å². The van der Waals surface area contributed by atoms with E-state index in [9.17, 15) is 9.59 Å². The molecule has 4 aromatic rings. The van der Waals surface area contributed by atoms with Crippen molar-refractivity contribution in [3.05, 3.63) is 68.9 Å². The summed E-state index contributed by atoms with van der Waals surface area (Å²) in [5.74, 6) is 0.453. The number of thiophene rings is 2. The maximum absolute atomic E-state index is 13.1. The second-order valence-corrected chi connectivity index (χ2v) is 8.82. The van der Waals surface area contributed by atoms with Crippen LogP contribution in [0.5, 0.6) is 5.75 Å². The van der Waals surface area contributed by atoms with Crippen molar-refractivity contribution in [3.8, 4) is 16.2 Å². The summed E-state index contributed by atoms with van der Waals surface area (Å²) in [6.45, 7) is 3.79. The first-order valence-corrected chi connectivity index (χ1v) is 11.2. The van der Waals surface area contributed by atoms with Gasteiger partial charge in [-0.05, 0) is 31.4 Å². The van der Waals surface area contributed by atoms with E-state index in [4.69, 9.17) is 4.74 Å². The van der Waals surface area contributed by atoms with Gasteiger partial charge in [0.2, 0.25) is 5.91 Å². The van der Waals surface area contributed by atoms with Gasteiger partial charge in [0.25, 0.3) is 5.56 Å². The Labute approximate surface area is 181 Å². The molecule has 0 aliphatic heterocycles. The fraction of sp³-hybridized carbons (Fsp3) is 0.227. The Bertz CT molecular complexity index is 1260. The van der Waals surface area contributed by atoms with Gasteiger partial charge in [-0.1, -0.05) is 23.8 Å². The highest BCUT2D eigenvalue weighted by Gasteiger charge is 2.18. The molecule has 1 atom stereocenters. The molecule has 3 aromatic heterocycles. The second-order valence-electron chi connectivity index (χ2n) is 7.02. The van der Waals surface area contributed by atoms with Crippen molar-refractivity contribution in [1.29, 1.82) is 0 Å². The Balaban J connectivity index is 1.58. The molecule has 1 N–H and O–H groups in total. The van der Waals surface area contributed by atoms with E-state index in [1.807, 2.05) is 54.9 Å². The largest absolute Gasteiger partial charge is 0.496 e. The molecule has 0 spiro atoms. The van der Waals surface area contributed by atoms with Gasteiger partial charge in [-0.3, -0.25) is 14.2 Å². The first-order valence-electron chi connectivity index (χ1n) is 9.42. The average molecular weight is 440 g/mol. The van der Waals surface area contributed by atoms with Crippen molar-refractivity contribution in [2.45, 2.75) is 26.4 Å². The maximum atomic E-state index is 13.1. The van der Waals surface area contributed by atoms with Crippen LogP contribution in [0.3, 0.4) is 0 Å². The lowest BCUT2D eigenvalue weighted by Crippen LogP contribution is -2.34. The lowest BCUT2D eigenvalue weighted by Gasteiger charge is -2.18. The van der Waals surface area contributed by atoms with Crippen molar-refractivity contribution in [2.75, 3.05) is 7.11 Å². The third-order valence-corrected chi connectivity index (χ3v) is 6.68. The zero-order chi connectivity index (χ0) is 21.3. The molecule has 4 rings (SSSR count). The van der Waals surface area contributed by atoms with E-state index >= 15 is 0 Å². The van der Waals surface area contributed by atoms with Crippen LogP contribution in [0.2, 0.25) is 0 Å². The predicted molar refractivity (Wildman–Crippen MR) is 121 cm³/mol. The molecule has 0 radical (unpaired) electrons. The first-order chi connectivity index (χ1) is 14.5. The number of benzene rings is 1. The SMILES string of the molecule is COc1ccc(C)cc1C(C)NC(=O)Cn1cnc2scc(-c3cccs3)c2c1=O. The van der Waals surface area contributed by atoms with Crippen molar-refractivity contribution in [2.24, 2.45) is 0 Å². The van der Waals surface area contributed by atoms with Crippen LogP contribution >= 0.6 is 22.7 Å². The molecular weight excluding hydrogens is 418 g/mol. The quantitative estimate of drug-likeness (QED) is 0.484. The molecule has 0 aliphatic carbocycles. The molecule has 3 heterocycles. The van der Waals surface area contributed by atoms with E-state index in [0.29, 0.717) is 16.0 Å². The fourth-order valence-corrected chi connectivity index (χ4v) is 5.13. The molecule has 0 saturated carbocycles. The number of hydrogen-bond donors (Lipinski definition) is 1. The fourth-order valence-electron chi connectivity index (χ4n) is 3.41. The van der Waals surface area contributed by atoms with Crippen molar-refractivity contribution < 1.29 is 9.53 Å². The number of rotatable bonds is 6. The van der Waals surface area contributed by atoms with E-state index < -0.39 is 0 Å². The van der Waals surface area contributed by atoms with Gasteiger partial charge in [0.15, 0.2) is 0 Å². The van der Waals surface area contributed by atoms with Crippen LogP contribution in [-0.2, 0) is 11.3 Å². The molecule has 0 fully saturated rings. The van der Waals surface area contributed by atoms with Gasteiger partial charge >= 0.3 is 0 Å². The Morgan fingerprint density at radius 3 is 2.87 bits per heavy atom. The summed E-state index contributed by atoms with van der Waals surface area (Å²) in [6, 6.07) is 9.51. The van der Waals surface area contributed by atoms with Crippen molar-refractivity contribution >= 4 is 38.8 Å². The number of ether oxygens (including phenoxy) is 1. The number of carbonyl (C=O) groups is 1. The van der Waals surface area contributed by atoms with Gasteiger partial charge in [0.1, 0.15) is 17.1 Å². The molecular formula is C22H21N3O3S2. The minimum Gasteiger partial charge on any atom is -0.496 e. The summed E-state index contributed by atoms with van der Waals surface area (Å²) in [5, 5.41) is 7.44. The summed E-state index contributed by atoms with van der Waals surface area (Å²) >= 11 is 3.01. The van der Waals surface area contributed by atoms with Crippen LogP contribution in [-0.4, -0.2) is 22.6 Å². The molecule has 8 heteroatoms. The Morgan fingerprint density at radius 2 is 2.13 bits per heavy atom. The van der Waals surface area contributed by atoms with E-state index in [1.54, 1.807) is 18.4 Å². The number of nitrogens with zero attached hydrogens (tertiary/aromatic N) is 2. The van der Waals surface area contributed by atoms with Crippen LogP contribution in [0.4, 0.5) is 0 Å². The zero-order valence-corrected chi connectivity index (χ0v) is 18.5. The highest BCUT2D eigenvalue weighted by Crippen LogP contribution is 2.33. The first kappa shape index (κ1) is 20.3. The summed E-state index contributed by atoms with van der Waals surface area (Å²) in [6.07, 6.45) is 1.44. The summed E-state index contributed by atoms with van der Waals surface area (Å²) in [7, 11) is 1.61. The monoisotopic (exact) mass is 439 g/mol. The minimum absolute atomic E-state index is 0.0973. The third-order valence-electron chi connectivity index (χ3n) is 4.89. The van der Waals surface area contributed by atoms with E-state index in [-0.39, 0.29) is 24.1 Å². The highest BCUT2D eigenvalue weighted by molar-refractivity contribution is 7.18. The zero-order valence-electron chi connectivity index (χ0n) is 16.8. The van der Waals surface area contributed by atoms with Crippen LogP contribution in [0.15, 0.2) is 52.2 Å². The minimum atomic E-state index is -0.262. The lowest BCUT2D eigenvalue weighted by atomic mass is 10.0. The standard InChI is InChI=1S/C22H21N3O3S2/c1-13-6-7-17(28-3)15(9-13)14(2)24-19(26)10-25-12-23-21-20(22(25)27)16(11-30-21)18-5-4-8-29-18/h4-9,11-12,14H,10H2,1-3H3,(H,24,26). The van der Waals surface area contributed by atoms with Crippen molar-refractivity contribution in [3.63, 3.8) is 0 Å². The van der Waals surface area contributed by atoms with Crippen molar-refractivity contribution in [1.82, 2.24) is 14.9 Å². The third kappa shape index (κ3) is 3.88. The smallest absolute Gasteiger partial charge is 0.263 e. The van der Waals surface area contributed by atoms with Crippen LogP contribution in [0, 0.1) is 6.92 Å². The highest BCUT2D eigenvalue weighted by atomic mass is 32.1. The summed E-state index contributed by atoms with van der Waals surface area (Å²) in [4.78, 5) is 31.8. The molecule has 0 aliphatic rings. The average Bonchev–Trinajstić information content (AvgIpc) is 3.39. The molecule has 1 aromatic carbocycles. The van der Waals surface area contributed by atoms with Gasteiger partial charge in [-0.2, -0.15) is 0 Å². The molecule has 30 heavy (non-hydrogen) atoms. The number of nitrogens with one attached hydrogen (secondary N) is 1. The number of methoxy groups -OCH3 is 1. The Hall–Kier alpha value is -2.97. The van der Waals surface area contributed by atoms with Gasteiger partial charge in [-0.15, -0.1) is 22.7 Å². The molecule has 0 saturated heterocycles. The number of fused-ring (bicyclic) bond motifs is 1. The second kappa shape index (κ2) is 8.41. The molecule has 6 nitrogen and oxygen atoms in total. The van der Waals surface area contributed by atoms with Crippen LogP contribution in [0.1, 0.15) is 24.1 Å². The number of aryl methyl sites for hydroxylation is 1. The van der Waals surface area contributed by atoms with Crippen LogP contribution in [0.25, 0.3) is 20.7 Å². The van der Waals surface area contributed by atoms with Gasteiger partial charge in [0, 0.05) is 21.4 Å². The number of aromatic nitrogens is 2. The van der Waals surface area contributed by atoms with E-state index in [0.717, 1.165) is 21.6 Å². The number of carbonyl (C=O) groups excluding carboxylic acids is 1.